The predicted molar refractivity (Wildman–Crippen MR) is 161 cm³/mol. The molecule has 0 spiro atoms. The zero-order valence-corrected chi connectivity index (χ0v) is 27.5. The Balaban J connectivity index is 1.64. The van der Waals surface area contributed by atoms with E-state index in [2.05, 4.69) is 40.7 Å². The molecule has 0 aromatic heterocycles. The topological polar surface area (TPSA) is 127 Å². The van der Waals surface area contributed by atoms with E-state index >= 15 is 0 Å². The van der Waals surface area contributed by atoms with Gasteiger partial charge in [-0.25, -0.2) is 0 Å². The lowest BCUT2D eigenvalue weighted by molar-refractivity contribution is -0.291. The standard InChI is InChI=1S/C35H58O7/c1-19(2)16-25(38)42-29-28(41)30(3,4)17-21-20-10-11-23-32(7)14-13-24(37)31(5,6)22(32)12-15-33(23,8)34(20,9)26(39)27(40)35(21,29)18-36/h10,19,21-24,26-29,36-37,39-41H,11-18H2,1-9H3/t21-,22-,23+,24?,26?,27?,28?,29?,32-,33+,34-,35-/m0/s1. The average Bonchev–Trinajstić information content (AvgIpc) is 2.88. The summed E-state index contributed by atoms with van der Waals surface area (Å²) in [5.74, 6) is -0.200. The molecule has 7 heteroatoms. The highest BCUT2D eigenvalue weighted by molar-refractivity contribution is 5.70. The van der Waals surface area contributed by atoms with E-state index in [1.165, 1.54) is 0 Å². The summed E-state index contributed by atoms with van der Waals surface area (Å²) in [6.07, 6.45) is 2.04. The normalized spacial score (nSPS) is 51.0. The maximum Gasteiger partial charge on any atom is 0.306 e. The van der Waals surface area contributed by atoms with Crippen LogP contribution in [0.2, 0.25) is 0 Å². The molecular formula is C35H58O7. The van der Waals surface area contributed by atoms with Crippen molar-refractivity contribution in [2.24, 2.45) is 56.2 Å². The second kappa shape index (κ2) is 10.0. The fourth-order valence-electron chi connectivity index (χ4n) is 11.6. The van der Waals surface area contributed by atoms with E-state index in [0.717, 1.165) is 37.7 Å². The first-order valence-corrected chi connectivity index (χ1v) is 16.5. The third kappa shape index (κ3) is 3.98. The molecule has 0 radical (unpaired) electrons. The molecule has 0 aliphatic heterocycles. The number of carbonyl (C=O) groups excluding carboxylic acids is 1. The number of allylic oxidation sites excluding steroid dienone is 1. The van der Waals surface area contributed by atoms with Crippen molar-refractivity contribution in [3.8, 4) is 0 Å². The first-order valence-electron chi connectivity index (χ1n) is 16.5. The lowest BCUT2D eigenvalue weighted by Gasteiger charge is -2.73. The Morgan fingerprint density at radius 2 is 1.57 bits per heavy atom. The minimum Gasteiger partial charge on any atom is -0.459 e. The van der Waals surface area contributed by atoms with Gasteiger partial charge < -0.3 is 30.3 Å². The van der Waals surface area contributed by atoms with Crippen LogP contribution in [-0.2, 0) is 9.53 Å². The zero-order valence-electron chi connectivity index (χ0n) is 27.5. The third-order valence-corrected chi connectivity index (χ3v) is 14.3. The largest absolute Gasteiger partial charge is 0.459 e. The van der Waals surface area contributed by atoms with Gasteiger partial charge in [-0.3, -0.25) is 4.79 Å². The summed E-state index contributed by atoms with van der Waals surface area (Å²) < 4.78 is 6.03. The second-order valence-corrected chi connectivity index (χ2v) is 17.4. The van der Waals surface area contributed by atoms with Crippen molar-refractivity contribution in [2.45, 2.75) is 138 Å². The van der Waals surface area contributed by atoms with E-state index < -0.39 is 53.2 Å². The van der Waals surface area contributed by atoms with Crippen molar-refractivity contribution in [3.05, 3.63) is 11.6 Å². The van der Waals surface area contributed by atoms with Gasteiger partial charge in [-0.05, 0) is 83.9 Å². The van der Waals surface area contributed by atoms with Crippen LogP contribution in [0.4, 0.5) is 0 Å². The van der Waals surface area contributed by atoms with E-state index in [1.54, 1.807) is 0 Å². The van der Waals surface area contributed by atoms with Gasteiger partial charge in [0.15, 0.2) is 0 Å². The average molecular weight is 591 g/mol. The molecule has 0 amide bonds. The second-order valence-electron chi connectivity index (χ2n) is 17.4. The Bertz CT molecular complexity index is 1110. The van der Waals surface area contributed by atoms with E-state index in [9.17, 15) is 30.3 Å². The quantitative estimate of drug-likeness (QED) is 0.239. The van der Waals surface area contributed by atoms with Gasteiger partial charge in [0.25, 0.3) is 0 Å². The molecule has 0 saturated heterocycles. The van der Waals surface area contributed by atoms with E-state index in [1.807, 2.05) is 27.7 Å². The smallest absolute Gasteiger partial charge is 0.306 e. The fraction of sp³-hybridized carbons (Fsp3) is 0.914. The molecule has 240 valence electrons. The Hall–Kier alpha value is -0.990. The Kier molecular flexibility index (Phi) is 7.72. The number of aliphatic hydroxyl groups excluding tert-OH is 5. The molecule has 5 aliphatic carbocycles. The fourth-order valence-corrected chi connectivity index (χ4v) is 11.6. The number of fused-ring (bicyclic) bond motifs is 7. The highest BCUT2D eigenvalue weighted by Gasteiger charge is 2.75. The van der Waals surface area contributed by atoms with Crippen molar-refractivity contribution < 1.29 is 35.1 Å². The first-order chi connectivity index (χ1) is 19.3. The van der Waals surface area contributed by atoms with Gasteiger partial charge in [0.1, 0.15) is 6.10 Å². The molecule has 5 rings (SSSR count). The highest BCUT2D eigenvalue weighted by Crippen LogP contribution is 2.75. The summed E-state index contributed by atoms with van der Waals surface area (Å²) in [6, 6.07) is 0. The molecule has 7 nitrogen and oxygen atoms in total. The lowest BCUT2D eigenvalue weighted by atomic mass is 9.32. The maximum absolute atomic E-state index is 13.0. The highest BCUT2D eigenvalue weighted by atomic mass is 16.6. The third-order valence-electron chi connectivity index (χ3n) is 14.3. The molecule has 0 heterocycles. The number of aliphatic hydroxyl groups is 5. The zero-order chi connectivity index (χ0) is 31.4. The minimum absolute atomic E-state index is 0.0338. The molecule has 0 aromatic carbocycles. The van der Waals surface area contributed by atoms with Gasteiger partial charge >= 0.3 is 5.97 Å². The summed E-state index contributed by atoms with van der Waals surface area (Å²) in [5, 5.41) is 58.3. The molecule has 5 unspecified atom stereocenters. The van der Waals surface area contributed by atoms with Gasteiger partial charge in [0, 0.05) is 11.8 Å². The molecule has 0 bridgehead atoms. The van der Waals surface area contributed by atoms with Crippen LogP contribution < -0.4 is 0 Å². The molecule has 12 atom stereocenters. The van der Waals surface area contributed by atoms with Crippen LogP contribution >= 0.6 is 0 Å². The monoisotopic (exact) mass is 590 g/mol. The van der Waals surface area contributed by atoms with Gasteiger partial charge in [-0.2, -0.15) is 0 Å². The molecule has 5 N–H and O–H groups in total. The van der Waals surface area contributed by atoms with Crippen LogP contribution in [0.5, 0.6) is 0 Å². The van der Waals surface area contributed by atoms with Gasteiger partial charge in [-0.15, -0.1) is 0 Å². The summed E-state index contributed by atoms with van der Waals surface area (Å²) in [6.45, 7) is 18.5. The summed E-state index contributed by atoms with van der Waals surface area (Å²) >= 11 is 0. The Labute approximate surface area is 253 Å². The Morgan fingerprint density at radius 3 is 2.17 bits per heavy atom. The lowest BCUT2D eigenvalue weighted by Crippen LogP contribution is -2.76. The molecule has 42 heavy (non-hydrogen) atoms. The van der Waals surface area contributed by atoms with Crippen LogP contribution in [0.15, 0.2) is 11.6 Å². The predicted octanol–water partition coefficient (Wildman–Crippen LogP) is 4.62. The van der Waals surface area contributed by atoms with Crippen LogP contribution in [0.3, 0.4) is 0 Å². The molecule has 0 aromatic rings. The van der Waals surface area contributed by atoms with Crippen molar-refractivity contribution in [1.29, 1.82) is 0 Å². The Morgan fingerprint density at radius 1 is 0.929 bits per heavy atom. The number of hydrogen-bond donors (Lipinski definition) is 5. The minimum atomic E-state index is -1.42. The molecule has 5 aliphatic rings. The van der Waals surface area contributed by atoms with Gasteiger partial charge in [-0.1, -0.05) is 74.0 Å². The van der Waals surface area contributed by atoms with Gasteiger partial charge in [0.2, 0.25) is 0 Å². The van der Waals surface area contributed by atoms with Crippen molar-refractivity contribution >= 4 is 5.97 Å². The summed E-state index contributed by atoms with van der Waals surface area (Å²) in [7, 11) is 0. The SMILES string of the molecule is CC(C)CC(=O)OC1C(O)C(C)(C)C[C@H]2C3=CC[C@@H]4[C@@]5(C)CCC(O)C(C)(C)[C@@H]5CC[C@@]4(C)[C@]3(C)C(O)C(O)[C@@]12CO. The van der Waals surface area contributed by atoms with Crippen molar-refractivity contribution in [2.75, 3.05) is 6.61 Å². The molecule has 4 fully saturated rings. The van der Waals surface area contributed by atoms with Crippen LogP contribution in [0.1, 0.15) is 107 Å². The van der Waals surface area contributed by atoms with Crippen molar-refractivity contribution in [3.63, 3.8) is 0 Å². The van der Waals surface area contributed by atoms with E-state index in [4.69, 9.17) is 4.74 Å². The van der Waals surface area contributed by atoms with E-state index in [-0.39, 0.29) is 46.5 Å². The summed E-state index contributed by atoms with van der Waals surface area (Å²) in [4.78, 5) is 13.0. The van der Waals surface area contributed by atoms with Crippen LogP contribution in [-0.4, -0.2) is 68.6 Å². The molecular weight excluding hydrogens is 532 g/mol. The first kappa shape index (κ1) is 32.4. The number of rotatable bonds is 4. The maximum atomic E-state index is 13.0. The summed E-state index contributed by atoms with van der Waals surface area (Å²) in [5.41, 5.74) is -2.39. The number of esters is 1. The van der Waals surface area contributed by atoms with Gasteiger partial charge in [0.05, 0.1) is 36.4 Å². The number of hydrogen-bond acceptors (Lipinski definition) is 7. The number of ether oxygens (including phenoxy) is 1. The van der Waals surface area contributed by atoms with Crippen LogP contribution in [0, 0.1) is 56.2 Å². The van der Waals surface area contributed by atoms with Crippen molar-refractivity contribution in [1.82, 2.24) is 0 Å². The van der Waals surface area contributed by atoms with E-state index in [0.29, 0.717) is 12.3 Å². The van der Waals surface area contributed by atoms with Crippen LogP contribution in [0.25, 0.3) is 0 Å². The number of carbonyl (C=O) groups is 1. The molecule has 4 saturated carbocycles.